The van der Waals surface area contributed by atoms with Crippen LogP contribution < -0.4 is 0 Å². The highest BCUT2D eigenvalue weighted by Gasteiger charge is 2.32. The van der Waals surface area contributed by atoms with Crippen molar-refractivity contribution in [2.75, 3.05) is 0 Å². The van der Waals surface area contributed by atoms with Gasteiger partial charge in [0.15, 0.2) is 0 Å². The van der Waals surface area contributed by atoms with Crippen LogP contribution in [0.1, 0.15) is 41.0 Å². The van der Waals surface area contributed by atoms with Crippen molar-refractivity contribution in [2.24, 2.45) is 5.92 Å². The molecule has 3 aromatic carbocycles. The minimum absolute atomic E-state index is 0.568. The molecule has 0 spiro atoms. The van der Waals surface area contributed by atoms with E-state index in [2.05, 4.69) is 84.9 Å². The highest BCUT2D eigenvalue weighted by Crippen LogP contribution is 2.44. The van der Waals surface area contributed by atoms with E-state index in [-0.39, 0.29) is 0 Å². The maximum Gasteiger partial charge on any atom is 0.0123 e. The van der Waals surface area contributed by atoms with Gasteiger partial charge in [-0.15, -0.1) is 0 Å². The summed E-state index contributed by atoms with van der Waals surface area (Å²) in [7, 11) is 0. The number of aryl methyl sites for hydroxylation is 1. The predicted octanol–water partition coefficient (Wildman–Crippen LogP) is 6.01. The Kier molecular flexibility index (Phi) is 4.46. The Bertz CT molecular complexity index is 773. The number of hydrogen-bond acceptors (Lipinski definition) is 0. The Morgan fingerprint density at radius 3 is 2.17 bits per heavy atom. The number of benzene rings is 3. The highest BCUT2D eigenvalue weighted by molar-refractivity contribution is 5.43. The number of hydrogen-bond donors (Lipinski definition) is 0. The van der Waals surface area contributed by atoms with Crippen molar-refractivity contribution >= 4 is 0 Å². The summed E-state index contributed by atoms with van der Waals surface area (Å²) in [5.41, 5.74) is 6.04. The van der Waals surface area contributed by atoms with Gasteiger partial charge in [-0.3, -0.25) is 0 Å². The second-order valence-corrected chi connectivity index (χ2v) is 6.93. The smallest absolute Gasteiger partial charge is 0.0123 e. The van der Waals surface area contributed by atoms with Gasteiger partial charge in [-0.25, -0.2) is 0 Å². The topological polar surface area (TPSA) is 0 Å². The van der Waals surface area contributed by atoms with Crippen molar-refractivity contribution in [1.29, 1.82) is 0 Å². The van der Waals surface area contributed by atoms with Gasteiger partial charge in [0.2, 0.25) is 0 Å². The fraction of sp³-hybridized carbons (Fsp3) is 0.250. The summed E-state index contributed by atoms with van der Waals surface area (Å²) >= 11 is 0. The Balaban J connectivity index is 1.52. The SMILES string of the molecule is c1ccc(CCCC2Cc3ccccc3C2c2ccccc2)cc1. The zero-order valence-electron chi connectivity index (χ0n) is 14.1. The fourth-order valence-corrected chi connectivity index (χ4v) is 4.27. The first kappa shape index (κ1) is 15.2. The summed E-state index contributed by atoms with van der Waals surface area (Å²) in [4.78, 5) is 0. The third-order valence-corrected chi connectivity index (χ3v) is 5.39. The molecule has 4 rings (SSSR count). The third kappa shape index (κ3) is 3.14. The van der Waals surface area contributed by atoms with Crippen LogP contribution in [-0.4, -0.2) is 0 Å². The lowest BCUT2D eigenvalue weighted by atomic mass is 9.83. The van der Waals surface area contributed by atoms with E-state index >= 15 is 0 Å². The zero-order valence-corrected chi connectivity index (χ0v) is 14.1. The highest BCUT2D eigenvalue weighted by atomic mass is 14.4. The molecule has 0 amide bonds. The van der Waals surface area contributed by atoms with Crippen LogP contribution >= 0.6 is 0 Å². The maximum absolute atomic E-state index is 2.34. The van der Waals surface area contributed by atoms with E-state index in [9.17, 15) is 0 Å². The molecule has 0 nitrogen and oxygen atoms in total. The van der Waals surface area contributed by atoms with Crippen LogP contribution in [0.3, 0.4) is 0 Å². The third-order valence-electron chi connectivity index (χ3n) is 5.39. The second-order valence-electron chi connectivity index (χ2n) is 6.93. The summed E-state index contributed by atoms with van der Waals surface area (Å²) in [6, 6.07) is 31.0. The van der Waals surface area contributed by atoms with Gasteiger partial charge >= 0.3 is 0 Å². The number of rotatable bonds is 5. The molecule has 0 radical (unpaired) electrons. The minimum Gasteiger partial charge on any atom is -0.0622 e. The van der Waals surface area contributed by atoms with E-state index in [1.54, 1.807) is 11.1 Å². The normalized spacial score (nSPS) is 19.2. The molecular formula is C24H24. The first-order valence-corrected chi connectivity index (χ1v) is 9.08. The minimum atomic E-state index is 0.568. The van der Waals surface area contributed by atoms with Crippen LogP contribution in [0.25, 0.3) is 0 Å². The summed E-state index contributed by atoms with van der Waals surface area (Å²) in [6.07, 6.45) is 4.98. The molecule has 2 unspecified atom stereocenters. The Morgan fingerprint density at radius 2 is 1.38 bits per heavy atom. The van der Waals surface area contributed by atoms with Crippen LogP contribution in [-0.2, 0) is 12.8 Å². The van der Waals surface area contributed by atoms with Crippen LogP contribution in [0.15, 0.2) is 84.9 Å². The molecule has 0 N–H and O–H groups in total. The first-order chi connectivity index (χ1) is 11.9. The van der Waals surface area contributed by atoms with Crippen molar-refractivity contribution in [1.82, 2.24) is 0 Å². The molecule has 1 aliphatic rings. The van der Waals surface area contributed by atoms with Gasteiger partial charge in [0, 0.05) is 5.92 Å². The molecule has 0 fully saturated rings. The van der Waals surface area contributed by atoms with Gasteiger partial charge < -0.3 is 0 Å². The van der Waals surface area contributed by atoms with Crippen molar-refractivity contribution in [2.45, 2.75) is 31.6 Å². The summed E-state index contributed by atoms with van der Waals surface area (Å²) in [6.45, 7) is 0. The maximum atomic E-state index is 2.34. The van der Waals surface area contributed by atoms with Crippen LogP contribution in [0, 0.1) is 5.92 Å². The Morgan fingerprint density at radius 1 is 0.708 bits per heavy atom. The largest absolute Gasteiger partial charge is 0.0622 e. The average Bonchev–Trinajstić information content (AvgIpc) is 3.01. The molecule has 3 aromatic rings. The van der Waals surface area contributed by atoms with Gasteiger partial charge in [-0.1, -0.05) is 84.9 Å². The average molecular weight is 312 g/mol. The van der Waals surface area contributed by atoms with Gasteiger partial charge in [-0.2, -0.15) is 0 Å². The predicted molar refractivity (Wildman–Crippen MR) is 101 cm³/mol. The molecule has 0 saturated heterocycles. The lowest BCUT2D eigenvalue weighted by Gasteiger charge is -2.21. The van der Waals surface area contributed by atoms with Crippen molar-refractivity contribution in [3.63, 3.8) is 0 Å². The van der Waals surface area contributed by atoms with E-state index < -0.39 is 0 Å². The Labute approximate surface area is 145 Å². The quantitative estimate of drug-likeness (QED) is 0.541. The van der Waals surface area contributed by atoms with Crippen LogP contribution in [0.5, 0.6) is 0 Å². The summed E-state index contributed by atoms with van der Waals surface area (Å²) < 4.78 is 0. The van der Waals surface area contributed by atoms with E-state index in [1.807, 2.05) is 0 Å². The van der Waals surface area contributed by atoms with E-state index in [0.717, 1.165) is 5.92 Å². The standard InChI is InChI=1S/C24H24/c1-3-10-19(11-4-1)12-9-16-22-18-21-15-7-8-17-23(21)24(22)20-13-5-2-6-14-20/h1-8,10-11,13-15,17,22,24H,9,12,16,18H2. The molecule has 0 aliphatic heterocycles. The summed E-state index contributed by atoms with van der Waals surface area (Å²) in [5, 5.41) is 0. The molecule has 120 valence electrons. The van der Waals surface area contributed by atoms with Crippen LogP contribution in [0.4, 0.5) is 0 Å². The van der Waals surface area contributed by atoms with Crippen molar-refractivity contribution in [3.8, 4) is 0 Å². The zero-order chi connectivity index (χ0) is 16.2. The van der Waals surface area contributed by atoms with Crippen molar-refractivity contribution < 1.29 is 0 Å². The molecule has 0 bridgehead atoms. The Hall–Kier alpha value is -2.34. The molecule has 0 heteroatoms. The van der Waals surface area contributed by atoms with Gasteiger partial charge in [0.25, 0.3) is 0 Å². The van der Waals surface area contributed by atoms with Crippen molar-refractivity contribution in [3.05, 3.63) is 107 Å². The second kappa shape index (κ2) is 7.05. The monoisotopic (exact) mass is 312 g/mol. The molecule has 2 atom stereocenters. The lowest BCUT2D eigenvalue weighted by molar-refractivity contribution is 0.450. The summed E-state index contributed by atoms with van der Waals surface area (Å²) in [5.74, 6) is 1.30. The molecule has 0 heterocycles. The molecular weight excluding hydrogens is 288 g/mol. The fourth-order valence-electron chi connectivity index (χ4n) is 4.27. The molecule has 0 aromatic heterocycles. The molecule has 1 aliphatic carbocycles. The molecule has 24 heavy (non-hydrogen) atoms. The van der Waals surface area contributed by atoms with Gasteiger partial charge in [0.05, 0.1) is 0 Å². The van der Waals surface area contributed by atoms with Crippen LogP contribution in [0.2, 0.25) is 0 Å². The number of fused-ring (bicyclic) bond motifs is 1. The first-order valence-electron chi connectivity index (χ1n) is 9.08. The van der Waals surface area contributed by atoms with E-state index in [1.165, 1.54) is 36.8 Å². The van der Waals surface area contributed by atoms with Gasteiger partial charge in [0.1, 0.15) is 0 Å². The van der Waals surface area contributed by atoms with Gasteiger partial charge in [-0.05, 0) is 53.9 Å². The lowest BCUT2D eigenvalue weighted by Crippen LogP contribution is -2.10. The molecule has 0 saturated carbocycles. The van der Waals surface area contributed by atoms with E-state index in [4.69, 9.17) is 0 Å². The van der Waals surface area contributed by atoms with E-state index in [0.29, 0.717) is 5.92 Å².